The van der Waals surface area contributed by atoms with Crippen LogP contribution in [0.4, 0.5) is 4.79 Å². The number of ether oxygens (including phenoxy) is 1. The van der Waals surface area contributed by atoms with Crippen molar-refractivity contribution in [3.05, 3.63) is 35.9 Å². The summed E-state index contributed by atoms with van der Waals surface area (Å²) < 4.78 is 5.29. The first-order chi connectivity index (χ1) is 18.1. The Morgan fingerprint density at radius 3 is 2.45 bits per heavy atom. The molecule has 2 aliphatic heterocycles. The molecular weight excluding hydrogens is 494 g/mol. The van der Waals surface area contributed by atoms with Gasteiger partial charge in [-0.25, -0.2) is 9.69 Å². The third kappa shape index (κ3) is 7.30. The normalized spacial score (nSPS) is 19.8. The van der Waals surface area contributed by atoms with Gasteiger partial charge in [0.25, 0.3) is 0 Å². The van der Waals surface area contributed by atoms with Gasteiger partial charge in [-0.2, -0.15) is 0 Å². The molecule has 0 unspecified atom stereocenters. The molecule has 12 nitrogen and oxygen atoms in total. The average molecular weight is 530 g/mol. The molecule has 1 aromatic carbocycles. The summed E-state index contributed by atoms with van der Waals surface area (Å²) in [5.74, 6) is -2.73. The number of benzene rings is 1. The van der Waals surface area contributed by atoms with Crippen LogP contribution in [-0.4, -0.2) is 76.6 Å². The smallest absolute Gasteiger partial charge is 0.417 e. The number of carbonyl (C=O) groups excluding carboxylic acids is 6. The van der Waals surface area contributed by atoms with Gasteiger partial charge in [-0.05, 0) is 37.2 Å². The summed E-state index contributed by atoms with van der Waals surface area (Å²) in [6.45, 7) is 3.64. The molecule has 2 heterocycles. The number of nitrogens with one attached hydrogen (secondary N) is 2. The second-order valence-corrected chi connectivity index (χ2v) is 9.92. The summed E-state index contributed by atoms with van der Waals surface area (Å²) in [6, 6.07) is 6.11. The molecule has 0 aromatic heterocycles. The lowest BCUT2D eigenvalue weighted by molar-refractivity contribution is -0.144. The van der Waals surface area contributed by atoms with E-state index in [0.717, 1.165) is 10.5 Å². The van der Waals surface area contributed by atoms with E-state index < -0.39 is 53.8 Å². The molecule has 206 valence electrons. The topological polar surface area (TPSA) is 168 Å². The van der Waals surface area contributed by atoms with Crippen molar-refractivity contribution in [3.63, 3.8) is 0 Å². The van der Waals surface area contributed by atoms with Crippen molar-refractivity contribution in [2.24, 2.45) is 11.7 Å². The van der Waals surface area contributed by atoms with Gasteiger partial charge in [0.05, 0.1) is 6.54 Å². The molecule has 12 heteroatoms. The molecule has 0 aliphatic carbocycles. The molecule has 0 spiro atoms. The monoisotopic (exact) mass is 529 g/mol. The van der Waals surface area contributed by atoms with Crippen LogP contribution >= 0.6 is 0 Å². The lowest BCUT2D eigenvalue weighted by Gasteiger charge is -2.30. The highest BCUT2D eigenvalue weighted by molar-refractivity contribution is 6.02. The van der Waals surface area contributed by atoms with Crippen LogP contribution in [-0.2, 0) is 35.3 Å². The third-order valence-corrected chi connectivity index (χ3v) is 6.51. The molecule has 0 radical (unpaired) electrons. The lowest BCUT2D eigenvalue weighted by atomic mass is 10.0. The van der Waals surface area contributed by atoms with Crippen LogP contribution in [0.3, 0.4) is 0 Å². The highest BCUT2D eigenvalue weighted by Gasteiger charge is 2.46. The molecule has 3 atom stereocenters. The Bertz CT molecular complexity index is 1060. The minimum Gasteiger partial charge on any atom is -0.444 e. The number of amides is 6. The van der Waals surface area contributed by atoms with Crippen molar-refractivity contribution in [1.29, 1.82) is 0 Å². The van der Waals surface area contributed by atoms with Crippen LogP contribution in [0, 0.1) is 5.92 Å². The van der Waals surface area contributed by atoms with Crippen LogP contribution in [0.1, 0.15) is 51.5 Å². The molecular formula is C26H35N5O7. The SMILES string of the molecule is CC(C)C[C@@H](NC(=O)[C@H]1CCCN1C(=O)[C@H]1CCC(=O)N1C(=O)OCc1ccccc1)C(=O)NCC(N)=O. The second-order valence-electron chi connectivity index (χ2n) is 9.92. The van der Waals surface area contributed by atoms with Gasteiger partial charge < -0.3 is 26.0 Å². The van der Waals surface area contributed by atoms with Gasteiger partial charge in [-0.15, -0.1) is 0 Å². The number of nitrogens with zero attached hydrogens (tertiary/aromatic N) is 2. The summed E-state index contributed by atoms with van der Waals surface area (Å²) in [6.07, 6.45) is 0.472. The lowest BCUT2D eigenvalue weighted by Crippen LogP contribution is -2.56. The van der Waals surface area contributed by atoms with Gasteiger partial charge in [0.1, 0.15) is 24.7 Å². The Morgan fingerprint density at radius 2 is 1.79 bits per heavy atom. The fourth-order valence-electron chi connectivity index (χ4n) is 4.70. The number of likely N-dealkylation sites (tertiary alicyclic amines) is 2. The number of primary amides is 1. The van der Waals surface area contributed by atoms with E-state index in [1.807, 2.05) is 19.9 Å². The van der Waals surface area contributed by atoms with E-state index in [2.05, 4.69) is 10.6 Å². The van der Waals surface area contributed by atoms with Crippen LogP contribution < -0.4 is 16.4 Å². The van der Waals surface area contributed by atoms with E-state index in [-0.39, 0.29) is 38.5 Å². The van der Waals surface area contributed by atoms with Crippen molar-refractivity contribution >= 4 is 35.6 Å². The van der Waals surface area contributed by atoms with Gasteiger partial charge in [0.2, 0.25) is 29.5 Å². The maximum Gasteiger partial charge on any atom is 0.417 e. The van der Waals surface area contributed by atoms with Crippen molar-refractivity contribution in [2.75, 3.05) is 13.1 Å². The fraction of sp³-hybridized carbons (Fsp3) is 0.538. The molecule has 2 fully saturated rings. The van der Waals surface area contributed by atoms with Crippen LogP contribution in [0.15, 0.2) is 30.3 Å². The average Bonchev–Trinajstić information content (AvgIpc) is 3.52. The standard InChI is InChI=1S/C26H35N5O7/c1-16(2)13-18(23(34)28-14-21(27)32)29-24(35)19-9-6-12-30(19)25(36)20-10-11-22(33)31(20)26(37)38-15-17-7-4-3-5-8-17/h3-5,7-8,16,18-20H,6,9-15H2,1-2H3,(H2,27,32)(H,28,34)(H,29,35)/t18-,19-,20-/m1/s1. The summed E-state index contributed by atoms with van der Waals surface area (Å²) in [7, 11) is 0. The molecule has 0 saturated carbocycles. The Labute approximate surface area is 221 Å². The molecule has 2 aliphatic rings. The molecule has 6 amide bonds. The zero-order valence-corrected chi connectivity index (χ0v) is 21.7. The summed E-state index contributed by atoms with van der Waals surface area (Å²) in [5, 5.41) is 5.11. The van der Waals surface area contributed by atoms with E-state index >= 15 is 0 Å². The molecule has 4 N–H and O–H groups in total. The zero-order valence-electron chi connectivity index (χ0n) is 21.7. The quantitative estimate of drug-likeness (QED) is 0.395. The maximum absolute atomic E-state index is 13.5. The van der Waals surface area contributed by atoms with E-state index in [4.69, 9.17) is 10.5 Å². The maximum atomic E-state index is 13.5. The number of hydrogen-bond acceptors (Lipinski definition) is 7. The first kappa shape index (κ1) is 28.6. The van der Waals surface area contributed by atoms with Crippen LogP contribution in [0.25, 0.3) is 0 Å². The highest BCUT2D eigenvalue weighted by atomic mass is 16.6. The Morgan fingerprint density at radius 1 is 1.08 bits per heavy atom. The number of nitrogens with two attached hydrogens (primary N) is 1. The minimum atomic E-state index is -1.07. The van der Waals surface area contributed by atoms with E-state index in [0.29, 0.717) is 19.3 Å². The highest BCUT2D eigenvalue weighted by Crippen LogP contribution is 2.27. The van der Waals surface area contributed by atoms with Gasteiger partial charge in [-0.1, -0.05) is 44.2 Å². The first-order valence-electron chi connectivity index (χ1n) is 12.8. The number of imide groups is 1. The summed E-state index contributed by atoms with van der Waals surface area (Å²) >= 11 is 0. The molecule has 2 saturated heterocycles. The van der Waals surface area contributed by atoms with Crippen LogP contribution in [0.5, 0.6) is 0 Å². The van der Waals surface area contributed by atoms with E-state index in [9.17, 15) is 28.8 Å². The predicted octanol–water partition coefficient (Wildman–Crippen LogP) is 0.438. The van der Waals surface area contributed by atoms with E-state index in [1.165, 1.54) is 4.90 Å². The Kier molecular flexibility index (Phi) is 9.80. The van der Waals surface area contributed by atoms with Gasteiger partial charge in [0.15, 0.2) is 0 Å². The molecule has 1 aromatic rings. The molecule has 3 rings (SSSR count). The zero-order chi connectivity index (χ0) is 27.8. The second kappa shape index (κ2) is 13.0. The Balaban J connectivity index is 1.67. The number of carbonyl (C=O) groups is 6. The first-order valence-corrected chi connectivity index (χ1v) is 12.8. The van der Waals surface area contributed by atoms with Gasteiger partial charge >= 0.3 is 6.09 Å². The van der Waals surface area contributed by atoms with Gasteiger partial charge in [0, 0.05) is 13.0 Å². The minimum absolute atomic E-state index is 0.0119. The molecule has 38 heavy (non-hydrogen) atoms. The van der Waals surface area contributed by atoms with Gasteiger partial charge in [-0.3, -0.25) is 24.0 Å². The third-order valence-electron chi connectivity index (χ3n) is 6.51. The van der Waals surface area contributed by atoms with Crippen LogP contribution in [0.2, 0.25) is 0 Å². The molecule has 0 bridgehead atoms. The van der Waals surface area contributed by atoms with Crippen molar-refractivity contribution in [2.45, 2.75) is 70.7 Å². The number of hydrogen-bond donors (Lipinski definition) is 3. The van der Waals surface area contributed by atoms with Crippen molar-refractivity contribution < 1.29 is 33.5 Å². The Hall–Kier alpha value is -3.96. The fourth-order valence-corrected chi connectivity index (χ4v) is 4.70. The largest absolute Gasteiger partial charge is 0.444 e. The number of rotatable bonds is 10. The van der Waals surface area contributed by atoms with E-state index in [1.54, 1.807) is 24.3 Å². The summed E-state index contributed by atoms with van der Waals surface area (Å²) in [4.78, 5) is 77.8. The van der Waals surface area contributed by atoms with Crippen molar-refractivity contribution in [1.82, 2.24) is 20.4 Å². The predicted molar refractivity (Wildman–Crippen MR) is 135 cm³/mol. The summed E-state index contributed by atoms with van der Waals surface area (Å²) in [5.41, 5.74) is 5.84. The van der Waals surface area contributed by atoms with Crippen molar-refractivity contribution in [3.8, 4) is 0 Å².